The number of anilines is 1. The maximum atomic E-state index is 12.0. The zero-order valence-corrected chi connectivity index (χ0v) is 13.2. The molecule has 1 aromatic heterocycles. The fourth-order valence-corrected chi connectivity index (χ4v) is 2.55. The third kappa shape index (κ3) is 4.39. The Morgan fingerprint density at radius 1 is 1.32 bits per heavy atom. The van der Waals surface area contributed by atoms with E-state index >= 15 is 0 Å². The van der Waals surface area contributed by atoms with Crippen LogP contribution in [0.25, 0.3) is 0 Å². The number of carbonyl (C=O) groups excluding carboxylic acids is 2. The number of carbonyl (C=O) groups is 2. The van der Waals surface area contributed by atoms with Gasteiger partial charge in [0.1, 0.15) is 5.76 Å². The summed E-state index contributed by atoms with van der Waals surface area (Å²) < 4.78 is 9.88. The van der Waals surface area contributed by atoms with Gasteiger partial charge in [-0.25, -0.2) is 4.79 Å². The minimum absolute atomic E-state index is 0.123. The molecule has 0 radical (unpaired) electrons. The molecule has 1 N–H and O–H groups in total. The molecule has 0 aliphatic rings. The Morgan fingerprint density at radius 3 is 2.82 bits per heavy atom. The van der Waals surface area contributed by atoms with Crippen molar-refractivity contribution < 1.29 is 18.7 Å². The minimum atomic E-state index is -0.428. The maximum Gasteiger partial charge on any atom is 0.337 e. The first-order valence-electron chi connectivity index (χ1n) is 6.69. The van der Waals surface area contributed by atoms with Gasteiger partial charge in [-0.05, 0) is 36.8 Å². The lowest BCUT2D eigenvalue weighted by Crippen LogP contribution is -2.15. The summed E-state index contributed by atoms with van der Waals surface area (Å²) in [4.78, 5) is 23.5. The van der Waals surface area contributed by atoms with Gasteiger partial charge in [0.15, 0.2) is 0 Å². The van der Waals surface area contributed by atoms with Gasteiger partial charge in [-0.1, -0.05) is 6.07 Å². The topological polar surface area (TPSA) is 68.5 Å². The maximum absolute atomic E-state index is 12.0. The van der Waals surface area contributed by atoms with Crippen molar-refractivity contribution in [2.45, 2.75) is 12.7 Å². The standard InChI is InChI=1S/C16H17NO4S/c1-11-5-6-12(16(19)20-2)8-14(11)17-15(18)10-22-9-13-4-3-7-21-13/h3-8H,9-10H2,1-2H3,(H,17,18). The van der Waals surface area contributed by atoms with Gasteiger partial charge in [0.25, 0.3) is 0 Å². The first kappa shape index (κ1) is 16.2. The molecule has 0 saturated heterocycles. The third-order valence-corrected chi connectivity index (χ3v) is 3.95. The van der Waals surface area contributed by atoms with Crippen molar-refractivity contribution in [1.29, 1.82) is 0 Å². The van der Waals surface area contributed by atoms with Crippen molar-refractivity contribution in [3.63, 3.8) is 0 Å². The van der Waals surface area contributed by atoms with E-state index in [4.69, 9.17) is 4.42 Å². The smallest absolute Gasteiger partial charge is 0.337 e. The number of thioether (sulfide) groups is 1. The zero-order chi connectivity index (χ0) is 15.9. The van der Waals surface area contributed by atoms with Gasteiger partial charge in [-0.2, -0.15) is 0 Å². The van der Waals surface area contributed by atoms with Crippen LogP contribution in [-0.2, 0) is 15.3 Å². The van der Waals surface area contributed by atoms with Crippen LogP contribution in [0.5, 0.6) is 0 Å². The Kier molecular flexibility index (Phi) is 5.66. The van der Waals surface area contributed by atoms with Crippen molar-refractivity contribution in [1.82, 2.24) is 0 Å². The monoisotopic (exact) mass is 319 g/mol. The molecule has 0 fully saturated rings. The first-order chi connectivity index (χ1) is 10.6. The molecule has 0 aliphatic carbocycles. The molecule has 0 spiro atoms. The van der Waals surface area contributed by atoms with Gasteiger partial charge in [0.2, 0.25) is 5.91 Å². The van der Waals surface area contributed by atoms with Crippen LogP contribution in [0.2, 0.25) is 0 Å². The molecule has 2 rings (SSSR count). The molecule has 6 heteroatoms. The van der Waals surface area contributed by atoms with Crippen LogP contribution in [0.3, 0.4) is 0 Å². The fourth-order valence-electron chi connectivity index (χ4n) is 1.83. The number of hydrogen-bond acceptors (Lipinski definition) is 5. The van der Waals surface area contributed by atoms with Gasteiger partial charge in [-0.15, -0.1) is 11.8 Å². The van der Waals surface area contributed by atoms with Gasteiger partial charge in [-0.3, -0.25) is 4.79 Å². The number of nitrogens with one attached hydrogen (secondary N) is 1. The summed E-state index contributed by atoms with van der Waals surface area (Å²) in [5.41, 5.74) is 1.91. The molecular formula is C16H17NO4S. The van der Waals surface area contributed by atoms with Crippen LogP contribution < -0.4 is 5.32 Å². The fraction of sp³-hybridized carbons (Fsp3) is 0.250. The number of ether oxygens (including phenoxy) is 1. The third-order valence-electron chi connectivity index (χ3n) is 2.99. The molecule has 0 unspecified atom stereocenters. The SMILES string of the molecule is COC(=O)c1ccc(C)c(NC(=O)CSCc2ccco2)c1. The second-order valence-electron chi connectivity index (χ2n) is 4.64. The summed E-state index contributed by atoms with van der Waals surface area (Å²) in [6.45, 7) is 1.87. The lowest BCUT2D eigenvalue weighted by Gasteiger charge is -2.09. The van der Waals surface area contributed by atoms with E-state index in [1.807, 2.05) is 19.1 Å². The Morgan fingerprint density at radius 2 is 2.14 bits per heavy atom. The van der Waals surface area contributed by atoms with E-state index in [1.165, 1.54) is 18.9 Å². The molecular weight excluding hydrogens is 302 g/mol. The summed E-state index contributed by atoms with van der Waals surface area (Å²) in [7, 11) is 1.33. The predicted octanol–water partition coefficient (Wildman–Crippen LogP) is 3.25. The highest BCUT2D eigenvalue weighted by Crippen LogP contribution is 2.19. The number of amides is 1. The van der Waals surface area contributed by atoms with Crippen molar-refractivity contribution >= 4 is 29.3 Å². The van der Waals surface area contributed by atoms with Crippen LogP contribution in [0.15, 0.2) is 41.0 Å². The first-order valence-corrected chi connectivity index (χ1v) is 7.84. The number of aryl methyl sites for hydroxylation is 1. The highest BCUT2D eigenvalue weighted by Gasteiger charge is 2.10. The summed E-state index contributed by atoms with van der Waals surface area (Å²) in [6, 6.07) is 8.75. The molecule has 0 bridgehead atoms. The van der Waals surface area contributed by atoms with Crippen LogP contribution in [0.4, 0.5) is 5.69 Å². The van der Waals surface area contributed by atoms with E-state index in [0.717, 1.165) is 11.3 Å². The van der Waals surface area contributed by atoms with Gasteiger partial charge < -0.3 is 14.5 Å². The summed E-state index contributed by atoms with van der Waals surface area (Å²) >= 11 is 1.46. The van der Waals surface area contributed by atoms with E-state index in [1.54, 1.807) is 24.5 Å². The average molecular weight is 319 g/mol. The molecule has 0 saturated carbocycles. The Bertz CT molecular complexity index is 652. The minimum Gasteiger partial charge on any atom is -0.468 e. The normalized spacial score (nSPS) is 10.3. The number of hydrogen-bond donors (Lipinski definition) is 1. The highest BCUT2D eigenvalue weighted by atomic mass is 32.2. The molecule has 1 heterocycles. The lowest BCUT2D eigenvalue weighted by atomic mass is 10.1. The summed E-state index contributed by atoms with van der Waals surface area (Å²) in [5, 5.41) is 2.81. The van der Waals surface area contributed by atoms with E-state index in [-0.39, 0.29) is 5.91 Å². The highest BCUT2D eigenvalue weighted by molar-refractivity contribution is 7.99. The Labute approximate surface area is 133 Å². The van der Waals surface area contributed by atoms with Crippen LogP contribution in [0.1, 0.15) is 21.7 Å². The van der Waals surface area contributed by atoms with Gasteiger partial charge in [0, 0.05) is 5.69 Å². The van der Waals surface area contributed by atoms with Gasteiger partial charge >= 0.3 is 5.97 Å². The van der Waals surface area contributed by atoms with Crippen molar-refractivity contribution in [3.8, 4) is 0 Å². The molecule has 1 aromatic carbocycles. The molecule has 0 atom stereocenters. The number of esters is 1. The second-order valence-corrected chi connectivity index (χ2v) is 5.63. The Balaban J connectivity index is 1.91. The van der Waals surface area contributed by atoms with Crippen LogP contribution in [-0.4, -0.2) is 24.7 Å². The number of furan rings is 1. The van der Waals surface area contributed by atoms with Crippen molar-refractivity contribution in [3.05, 3.63) is 53.5 Å². The number of methoxy groups -OCH3 is 1. The van der Waals surface area contributed by atoms with Crippen molar-refractivity contribution in [2.24, 2.45) is 0 Å². The molecule has 5 nitrogen and oxygen atoms in total. The lowest BCUT2D eigenvalue weighted by molar-refractivity contribution is -0.113. The zero-order valence-electron chi connectivity index (χ0n) is 12.4. The second kappa shape index (κ2) is 7.70. The van der Waals surface area contributed by atoms with E-state index in [2.05, 4.69) is 10.1 Å². The Hall–Kier alpha value is -2.21. The van der Waals surface area contributed by atoms with Crippen molar-refractivity contribution in [2.75, 3.05) is 18.2 Å². The molecule has 0 aliphatic heterocycles. The van der Waals surface area contributed by atoms with E-state index in [0.29, 0.717) is 22.8 Å². The summed E-state index contributed by atoms with van der Waals surface area (Å²) in [5.74, 6) is 1.23. The van der Waals surface area contributed by atoms with Crippen LogP contribution >= 0.6 is 11.8 Å². The molecule has 2 aromatic rings. The molecule has 116 valence electrons. The number of rotatable bonds is 6. The van der Waals surface area contributed by atoms with Gasteiger partial charge in [0.05, 0.1) is 30.4 Å². The van der Waals surface area contributed by atoms with E-state index < -0.39 is 5.97 Å². The van der Waals surface area contributed by atoms with Crippen LogP contribution in [0, 0.1) is 6.92 Å². The van der Waals surface area contributed by atoms with E-state index in [9.17, 15) is 9.59 Å². The number of benzene rings is 1. The predicted molar refractivity (Wildman–Crippen MR) is 86.0 cm³/mol. The molecule has 22 heavy (non-hydrogen) atoms. The quantitative estimate of drug-likeness (QED) is 0.828. The largest absolute Gasteiger partial charge is 0.468 e. The summed E-state index contributed by atoms with van der Waals surface area (Å²) in [6.07, 6.45) is 1.61. The average Bonchev–Trinajstić information content (AvgIpc) is 3.02. The molecule has 1 amide bonds.